The molecule has 0 aromatic carbocycles. The van der Waals surface area contributed by atoms with E-state index in [4.69, 9.17) is 9.47 Å². The maximum Gasteiger partial charge on any atom is 0.320 e. The van der Waals surface area contributed by atoms with Gasteiger partial charge in [0.05, 0.1) is 11.7 Å². The summed E-state index contributed by atoms with van der Waals surface area (Å²) >= 11 is 0. The van der Waals surface area contributed by atoms with Gasteiger partial charge >= 0.3 is 11.9 Å². The van der Waals surface area contributed by atoms with E-state index in [0.29, 0.717) is 0 Å². The molecule has 0 aliphatic carbocycles. The summed E-state index contributed by atoms with van der Waals surface area (Å²) in [5, 5.41) is 19.2. The third-order valence-corrected chi connectivity index (χ3v) is 3.36. The van der Waals surface area contributed by atoms with Gasteiger partial charge in [0.2, 0.25) is 0 Å². The molecule has 2 unspecified atom stereocenters. The van der Waals surface area contributed by atoms with Gasteiger partial charge in [0.25, 0.3) is 0 Å². The molecule has 0 aliphatic rings. The minimum atomic E-state index is -1.20. The first-order chi connectivity index (χ1) is 8.79. The fraction of sp³-hybridized carbons (Fsp3) is 0.857. The number of carbonyl (C=O) groups excluding carboxylic acids is 2. The molecule has 0 saturated heterocycles. The zero-order valence-electron chi connectivity index (χ0n) is 13.3. The van der Waals surface area contributed by atoms with E-state index in [1.54, 1.807) is 13.8 Å². The summed E-state index contributed by atoms with van der Waals surface area (Å²) in [5.74, 6) is -2.67. The van der Waals surface area contributed by atoms with Gasteiger partial charge in [-0.3, -0.25) is 9.59 Å². The highest BCUT2D eigenvalue weighted by atomic mass is 16.6. The molecule has 2 N–H and O–H groups in total. The van der Waals surface area contributed by atoms with Crippen molar-refractivity contribution >= 4 is 11.9 Å². The van der Waals surface area contributed by atoms with Crippen LogP contribution in [0.1, 0.15) is 48.5 Å². The van der Waals surface area contributed by atoms with Crippen LogP contribution in [0.25, 0.3) is 0 Å². The predicted octanol–water partition coefficient (Wildman–Crippen LogP) is 1.03. The maximum atomic E-state index is 11.8. The van der Waals surface area contributed by atoms with E-state index in [0.717, 1.165) is 0 Å². The largest absolute Gasteiger partial charge is 0.459 e. The van der Waals surface area contributed by atoms with E-state index >= 15 is 0 Å². The fourth-order valence-corrected chi connectivity index (χ4v) is 0.950. The first-order valence-corrected chi connectivity index (χ1v) is 6.62. The number of aliphatic hydroxyl groups is 2. The number of rotatable bonds is 6. The second-order valence-corrected chi connectivity index (χ2v) is 6.15. The zero-order valence-corrected chi connectivity index (χ0v) is 13.3. The van der Waals surface area contributed by atoms with Crippen LogP contribution in [0, 0.1) is 5.92 Å². The van der Waals surface area contributed by atoms with Crippen molar-refractivity contribution in [2.45, 2.75) is 71.9 Å². The average molecular weight is 290 g/mol. The van der Waals surface area contributed by atoms with Gasteiger partial charge in [-0.05, 0) is 48.5 Å². The molecular weight excluding hydrogens is 264 g/mol. The Morgan fingerprint density at radius 1 is 1.00 bits per heavy atom. The van der Waals surface area contributed by atoms with Crippen LogP contribution in [0.3, 0.4) is 0 Å². The summed E-state index contributed by atoms with van der Waals surface area (Å²) in [5.41, 5.74) is -2.29. The quantitative estimate of drug-likeness (QED) is 0.560. The van der Waals surface area contributed by atoms with E-state index in [9.17, 15) is 19.8 Å². The number of aliphatic hydroxyl groups excluding tert-OH is 1. The SMILES string of the molecule is CC(C(=O)O[C@H](C)C(C)(C)O)C(=O)OC(C)(C)C(C)O. The highest BCUT2D eigenvalue weighted by molar-refractivity contribution is 5.94. The van der Waals surface area contributed by atoms with Crippen molar-refractivity contribution in [2.75, 3.05) is 0 Å². The van der Waals surface area contributed by atoms with E-state index in [1.807, 2.05) is 0 Å². The molecule has 3 atom stereocenters. The molecule has 6 nitrogen and oxygen atoms in total. The van der Waals surface area contributed by atoms with Crippen molar-refractivity contribution in [2.24, 2.45) is 5.92 Å². The van der Waals surface area contributed by atoms with Gasteiger partial charge in [0, 0.05) is 0 Å². The first-order valence-electron chi connectivity index (χ1n) is 6.62. The van der Waals surface area contributed by atoms with Gasteiger partial charge in [-0.1, -0.05) is 0 Å². The van der Waals surface area contributed by atoms with E-state index < -0.39 is 41.3 Å². The van der Waals surface area contributed by atoms with Crippen molar-refractivity contribution in [3.05, 3.63) is 0 Å². The standard InChI is InChI=1S/C14H26O6/c1-8(11(16)19-10(3)13(4,5)18)12(17)20-14(6,7)9(2)15/h8-10,15,18H,1-7H3/t8?,9?,10-/m1/s1. The van der Waals surface area contributed by atoms with Gasteiger partial charge in [0.1, 0.15) is 11.7 Å². The molecule has 0 rings (SSSR count). The van der Waals surface area contributed by atoms with Crippen molar-refractivity contribution in [3.8, 4) is 0 Å². The summed E-state index contributed by atoms with van der Waals surface area (Å²) in [4.78, 5) is 23.6. The van der Waals surface area contributed by atoms with Crippen LogP contribution in [0.4, 0.5) is 0 Å². The zero-order chi connectivity index (χ0) is 16.3. The number of carbonyl (C=O) groups is 2. The monoisotopic (exact) mass is 290 g/mol. The lowest BCUT2D eigenvalue weighted by molar-refractivity contribution is -0.181. The van der Waals surface area contributed by atoms with Crippen LogP contribution in [-0.4, -0.2) is 45.6 Å². The summed E-state index contributed by atoms with van der Waals surface area (Å²) in [6, 6.07) is 0. The third kappa shape index (κ3) is 5.46. The number of esters is 2. The molecule has 0 radical (unpaired) electrons. The Hall–Kier alpha value is -1.14. The topological polar surface area (TPSA) is 93.1 Å². The highest BCUT2D eigenvalue weighted by Gasteiger charge is 2.35. The molecule has 20 heavy (non-hydrogen) atoms. The van der Waals surface area contributed by atoms with E-state index in [2.05, 4.69) is 0 Å². The third-order valence-electron chi connectivity index (χ3n) is 3.36. The Bertz CT molecular complexity index is 353. The molecule has 0 aliphatic heterocycles. The normalized spacial score (nSPS) is 17.1. The van der Waals surface area contributed by atoms with Gasteiger partial charge in [-0.2, -0.15) is 0 Å². The Labute approximate surface area is 120 Å². The Kier molecular flexibility index (Phi) is 6.17. The van der Waals surface area contributed by atoms with Crippen molar-refractivity contribution in [1.82, 2.24) is 0 Å². The summed E-state index contributed by atoms with van der Waals surface area (Å²) in [7, 11) is 0. The lowest BCUT2D eigenvalue weighted by Gasteiger charge is -2.30. The molecule has 0 spiro atoms. The number of hydrogen-bond donors (Lipinski definition) is 2. The van der Waals surface area contributed by atoms with Crippen LogP contribution in [0.2, 0.25) is 0 Å². The summed E-state index contributed by atoms with van der Waals surface area (Å²) in [6.45, 7) is 10.5. The Morgan fingerprint density at radius 2 is 1.45 bits per heavy atom. The molecule has 0 saturated carbocycles. The molecule has 118 valence electrons. The number of ether oxygens (including phenoxy) is 2. The second kappa shape index (κ2) is 6.54. The minimum absolute atomic E-state index is 0.755. The Balaban J connectivity index is 4.64. The van der Waals surface area contributed by atoms with Crippen LogP contribution in [0.5, 0.6) is 0 Å². The molecule has 0 aromatic heterocycles. The summed E-state index contributed by atoms with van der Waals surface area (Å²) < 4.78 is 10.1. The lowest BCUT2D eigenvalue weighted by atomic mass is 10.0. The second-order valence-electron chi connectivity index (χ2n) is 6.15. The Morgan fingerprint density at radius 3 is 1.80 bits per heavy atom. The average Bonchev–Trinajstić information content (AvgIpc) is 2.25. The smallest absolute Gasteiger partial charge is 0.320 e. The molecule has 0 fully saturated rings. The van der Waals surface area contributed by atoms with Crippen molar-refractivity contribution in [1.29, 1.82) is 0 Å². The fourth-order valence-electron chi connectivity index (χ4n) is 0.950. The predicted molar refractivity (Wildman–Crippen MR) is 72.9 cm³/mol. The first kappa shape index (κ1) is 18.9. The molecule has 6 heteroatoms. The highest BCUT2D eigenvalue weighted by Crippen LogP contribution is 2.19. The maximum absolute atomic E-state index is 11.8. The molecule has 0 heterocycles. The van der Waals surface area contributed by atoms with Crippen LogP contribution in [0.15, 0.2) is 0 Å². The van der Waals surface area contributed by atoms with E-state index in [-0.39, 0.29) is 0 Å². The van der Waals surface area contributed by atoms with Gasteiger partial charge < -0.3 is 19.7 Å². The van der Waals surface area contributed by atoms with E-state index in [1.165, 1.54) is 34.6 Å². The van der Waals surface area contributed by atoms with Gasteiger partial charge in [-0.15, -0.1) is 0 Å². The van der Waals surface area contributed by atoms with Crippen molar-refractivity contribution in [3.63, 3.8) is 0 Å². The minimum Gasteiger partial charge on any atom is -0.459 e. The summed E-state index contributed by atoms with van der Waals surface area (Å²) in [6.07, 6.45) is -1.63. The molecule has 0 aromatic rings. The molecular formula is C14H26O6. The number of hydrogen-bond acceptors (Lipinski definition) is 6. The van der Waals surface area contributed by atoms with Gasteiger partial charge in [-0.25, -0.2) is 0 Å². The molecule has 0 bridgehead atoms. The van der Waals surface area contributed by atoms with Crippen molar-refractivity contribution < 1.29 is 29.3 Å². The van der Waals surface area contributed by atoms with Gasteiger partial charge in [0.15, 0.2) is 5.92 Å². The van der Waals surface area contributed by atoms with Crippen LogP contribution < -0.4 is 0 Å². The van der Waals surface area contributed by atoms with Crippen LogP contribution >= 0.6 is 0 Å². The van der Waals surface area contributed by atoms with Crippen LogP contribution in [-0.2, 0) is 19.1 Å². The lowest BCUT2D eigenvalue weighted by Crippen LogP contribution is -2.43. The molecule has 0 amide bonds.